The van der Waals surface area contributed by atoms with E-state index in [9.17, 15) is 9.18 Å². The Morgan fingerprint density at radius 2 is 1.70 bits per heavy atom. The Kier molecular flexibility index (Phi) is 6.15. The molecular formula is C24H19FN2O2S. The number of pyridine rings is 1. The average molecular weight is 418 g/mol. The SMILES string of the molecule is O=C(c1cccs1)N(Cc1ccc(OCc2ccc(F)cc2)cc1)c1ccccn1. The van der Waals surface area contributed by atoms with Gasteiger partial charge in [-0.05, 0) is 59.0 Å². The molecule has 0 aliphatic heterocycles. The highest BCUT2D eigenvalue weighted by Crippen LogP contribution is 2.22. The van der Waals surface area contributed by atoms with Crippen molar-refractivity contribution in [2.45, 2.75) is 13.2 Å². The van der Waals surface area contributed by atoms with Gasteiger partial charge in [0.1, 0.15) is 24.0 Å². The number of aromatic nitrogens is 1. The van der Waals surface area contributed by atoms with Crippen LogP contribution in [0.25, 0.3) is 0 Å². The van der Waals surface area contributed by atoms with Gasteiger partial charge in [-0.15, -0.1) is 11.3 Å². The van der Waals surface area contributed by atoms with E-state index in [1.54, 1.807) is 23.2 Å². The van der Waals surface area contributed by atoms with Crippen molar-refractivity contribution in [2.24, 2.45) is 0 Å². The van der Waals surface area contributed by atoms with Crippen molar-refractivity contribution < 1.29 is 13.9 Å². The van der Waals surface area contributed by atoms with Crippen LogP contribution in [0.5, 0.6) is 5.75 Å². The molecular weight excluding hydrogens is 399 g/mol. The van der Waals surface area contributed by atoms with Crippen LogP contribution in [0.4, 0.5) is 10.2 Å². The summed E-state index contributed by atoms with van der Waals surface area (Å²) in [7, 11) is 0. The summed E-state index contributed by atoms with van der Waals surface area (Å²) in [5, 5.41) is 1.89. The molecule has 2 aromatic carbocycles. The summed E-state index contributed by atoms with van der Waals surface area (Å²) in [6.45, 7) is 0.753. The molecule has 2 heterocycles. The second kappa shape index (κ2) is 9.33. The standard InChI is InChI=1S/C24H19FN2O2S/c25-20-10-6-19(7-11-20)17-29-21-12-8-18(9-13-21)16-27(23-5-1-2-14-26-23)24(28)22-4-3-15-30-22/h1-15H,16-17H2. The molecule has 0 fully saturated rings. The predicted molar refractivity (Wildman–Crippen MR) is 116 cm³/mol. The molecule has 0 spiro atoms. The molecule has 0 N–H and O–H groups in total. The molecule has 0 saturated heterocycles. The van der Waals surface area contributed by atoms with Crippen LogP contribution in [0.2, 0.25) is 0 Å². The molecule has 0 aliphatic rings. The number of hydrogen-bond acceptors (Lipinski definition) is 4. The zero-order valence-electron chi connectivity index (χ0n) is 16.1. The third-order valence-corrected chi connectivity index (χ3v) is 5.34. The van der Waals surface area contributed by atoms with Gasteiger partial charge in [0, 0.05) is 6.20 Å². The molecule has 0 bridgehead atoms. The fraction of sp³-hybridized carbons (Fsp3) is 0.0833. The Bertz CT molecular complexity index is 1080. The van der Waals surface area contributed by atoms with Gasteiger partial charge >= 0.3 is 0 Å². The second-order valence-electron chi connectivity index (χ2n) is 6.62. The first-order valence-corrected chi connectivity index (χ1v) is 10.3. The van der Waals surface area contributed by atoms with Crippen molar-refractivity contribution in [3.05, 3.63) is 112 Å². The second-order valence-corrected chi connectivity index (χ2v) is 7.56. The van der Waals surface area contributed by atoms with Gasteiger partial charge in [0.05, 0.1) is 11.4 Å². The Hall–Kier alpha value is -3.51. The van der Waals surface area contributed by atoms with Crippen LogP contribution in [-0.4, -0.2) is 10.9 Å². The van der Waals surface area contributed by atoms with Gasteiger partial charge in [0.15, 0.2) is 0 Å². The van der Waals surface area contributed by atoms with E-state index in [-0.39, 0.29) is 11.7 Å². The molecule has 0 unspecified atom stereocenters. The number of carbonyl (C=O) groups is 1. The molecule has 0 radical (unpaired) electrons. The highest BCUT2D eigenvalue weighted by atomic mass is 32.1. The quantitative estimate of drug-likeness (QED) is 0.386. The van der Waals surface area contributed by atoms with Crippen LogP contribution in [0.15, 0.2) is 90.4 Å². The third kappa shape index (κ3) is 4.90. The van der Waals surface area contributed by atoms with Crippen molar-refractivity contribution in [2.75, 3.05) is 4.90 Å². The van der Waals surface area contributed by atoms with Crippen molar-refractivity contribution in [1.29, 1.82) is 0 Å². The molecule has 150 valence electrons. The van der Waals surface area contributed by atoms with E-state index < -0.39 is 0 Å². The van der Waals surface area contributed by atoms with Gasteiger partial charge in [-0.2, -0.15) is 0 Å². The highest BCUT2D eigenvalue weighted by molar-refractivity contribution is 7.12. The summed E-state index contributed by atoms with van der Waals surface area (Å²) in [6.07, 6.45) is 1.68. The molecule has 30 heavy (non-hydrogen) atoms. The van der Waals surface area contributed by atoms with Gasteiger partial charge in [-0.1, -0.05) is 36.4 Å². The van der Waals surface area contributed by atoms with E-state index in [0.29, 0.717) is 29.6 Å². The third-order valence-electron chi connectivity index (χ3n) is 4.49. The molecule has 0 aliphatic carbocycles. The largest absolute Gasteiger partial charge is 0.489 e. The molecule has 6 heteroatoms. The van der Waals surface area contributed by atoms with Crippen molar-refractivity contribution in [3.8, 4) is 5.75 Å². The summed E-state index contributed by atoms with van der Waals surface area (Å²) >= 11 is 1.41. The molecule has 4 rings (SSSR count). The zero-order chi connectivity index (χ0) is 20.8. The normalized spacial score (nSPS) is 10.6. The van der Waals surface area contributed by atoms with E-state index in [1.807, 2.05) is 60.0 Å². The number of nitrogens with zero attached hydrogens (tertiary/aromatic N) is 2. The fourth-order valence-corrected chi connectivity index (χ4v) is 3.60. The lowest BCUT2D eigenvalue weighted by Crippen LogP contribution is -2.30. The predicted octanol–water partition coefficient (Wildman–Crippen LogP) is 5.71. The van der Waals surface area contributed by atoms with Gasteiger partial charge in [0.2, 0.25) is 0 Å². The zero-order valence-corrected chi connectivity index (χ0v) is 16.9. The van der Waals surface area contributed by atoms with Crippen LogP contribution >= 0.6 is 11.3 Å². The number of benzene rings is 2. The van der Waals surface area contributed by atoms with E-state index in [1.165, 1.54) is 23.5 Å². The van der Waals surface area contributed by atoms with Crippen molar-refractivity contribution >= 4 is 23.1 Å². The lowest BCUT2D eigenvalue weighted by molar-refractivity contribution is 0.0988. The monoisotopic (exact) mass is 418 g/mol. The highest BCUT2D eigenvalue weighted by Gasteiger charge is 2.20. The number of ether oxygens (including phenoxy) is 1. The van der Waals surface area contributed by atoms with Crippen LogP contribution in [0.1, 0.15) is 20.8 Å². The summed E-state index contributed by atoms with van der Waals surface area (Å²) < 4.78 is 18.8. The minimum Gasteiger partial charge on any atom is -0.489 e. The van der Waals surface area contributed by atoms with Crippen LogP contribution in [0, 0.1) is 5.82 Å². The molecule has 0 saturated carbocycles. The number of halogens is 1. The summed E-state index contributed by atoms with van der Waals surface area (Å²) in [4.78, 5) is 19.7. The number of hydrogen-bond donors (Lipinski definition) is 0. The van der Waals surface area contributed by atoms with Crippen LogP contribution in [-0.2, 0) is 13.2 Å². The fourth-order valence-electron chi connectivity index (χ4n) is 2.92. The number of thiophene rings is 1. The lowest BCUT2D eigenvalue weighted by atomic mass is 10.2. The van der Waals surface area contributed by atoms with Gasteiger partial charge in [-0.25, -0.2) is 9.37 Å². The molecule has 4 nitrogen and oxygen atoms in total. The topological polar surface area (TPSA) is 42.4 Å². The number of rotatable bonds is 7. The first-order valence-electron chi connectivity index (χ1n) is 9.41. The minimum absolute atomic E-state index is 0.0830. The Balaban J connectivity index is 1.46. The molecule has 4 aromatic rings. The number of anilines is 1. The number of amides is 1. The maximum absolute atomic E-state index is 13.0. The van der Waals surface area contributed by atoms with Crippen LogP contribution < -0.4 is 9.64 Å². The first kappa shape index (κ1) is 19.8. The molecule has 1 amide bonds. The smallest absolute Gasteiger partial charge is 0.269 e. The van der Waals surface area contributed by atoms with E-state index in [0.717, 1.165) is 11.1 Å². The molecule has 2 aromatic heterocycles. The van der Waals surface area contributed by atoms with Crippen molar-refractivity contribution in [3.63, 3.8) is 0 Å². The first-order chi connectivity index (χ1) is 14.7. The summed E-state index contributed by atoms with van der Waals surface area (Å²) in [5.74, 6) is 0.961. The lowest BCUT2D eigenvalue weighted by Gasteiger charge is -2.21. The Morgan fingerprint density at radius 1 is 0.933 bits per heavy atom. The van der Waals surface area contributed by atoms with Gasteiger partial charge in [0.25, 0.3) is 5.91 Å². The summed E-state index contributed by atoms with van der Waals surface area (Å²) in [6, 6.07) is 23.0. The van der Waals surface area contributed by atoms with E-state index in [4.69, 9.17) is 4.74 Å². The summed E-state index contributed by atoms with van der Waals surface area (Å²) in [5.41, 5.74) is 1.85. The maximum atomic E-state index is 13.0. The van der Waals surface area contributed by atoms with E-state index >= 15 is 0 Å². The maximum Gasteiger partial charge on any atom is 0.269 e. The van der Waals surface area contributed by atoms with Gasteiger partial charge < -0.3 is 4.74 Å². The average Bonchev–Trinajstić information content (AvgIpc) is 3.33. The molecule has 0 atom stereocenters. The van der Waals surface area contributed by atoms with Crippen molar-refractivity contribution in [1.82, 2.24) is 4.98 Å². The Morgan fingerprint density at radius 3 is 2.37 bits per heavy atom. The number of carbonyl (C=O) groups excluding carboxylic acids is 1. The van der Waals surface area contributed by atoms with Crippen LogP contribution in [0.3, 0.4) is 0 Å². The Labute approximate surface area is 178 Å². The minimum atomic E-state index is -0.266. The van der Waals surface area contributed by atoms with E-state index in [2.05, 4.69) is 4.98 Å². The van der Waals surface area contributed by atoms with Gasteiger partial charge in [-0.3, -0.25) is 9.69 Å².